The zero-order valence-electron chi connectivity index (χ0n) is 15.9. The summed E-state index contributed by atoms with van der Waals surface area (Å²) in [5, 5.41) is 11.0. The molecule has 0 amide bonds. The molecule has 3 saturated carbocycles. The summed E-state index contributed by atoms with van der Waals surface area (Å²) in [4.78, 5) is 0. The lowest BCUT2D eigenvalue weighted by molar-refractivity contribution is -0.0783. The Morgan fingerprint density at radius 1 is 1.04 bits per heavy atom. The van der Waals surface area contributed by atoms with E-state index in [9.17, 15) is 5.11 Å². The van der Waals surface area contributed by atoms with Crippen LogP contribution in [0, 0.1) is 39.9 Å². The molecule has 2 unspecified atom stereocenters. The Balaban J connectivity index is 1.70. The fraction of sp³-hybridized carbons (Fsp3) is 0.909. The molecule has 0 aromatic heterocycles. The first-order valence-electron chi connectivity index (χ1n) is 10.1. The van der Waals surface area contributed by atoms with Crippen molar-refractivity contribution in [1.29, 1.82) is 0 Å². The SMILES string of the molecule is CC1CC[C@@]2(C)C(=CC[C@@H]3[C@H]2CC[C@]2(C)C(O)C(C)(C)C[C@@H]32)C1. The fourth-order valence-electron chi connectivity index (χ4n) is 7.49. The van der Waals surface area contributed by atoms with Crippen molar-refractivity contribution in [2.24, 2.45) is 39.9 Å². The monoisotopic (exact) mass is 316 g/mol. The summed E-state index contributed by atoms with van der Waals surface area (Å²) in [7, 11) is 0. The second kappa shape index (κ2) is 4.87. The Morgan fingerprint density at radius 3 is 2.52 bits per heavy atom. The third-order valence-electron chi connectivity index (χ3n) is 8.90. The summed E-state index contributed by atoms with van der Waals surface area (Å²) in [6.07, 6.45) is 11.8. The van der Waals surface area contributed by atoms with Crippen LogP contribution in [-0.4, -0.2) is 11.2 Å². The van der Waals surface area contributed by atoms with Crippen molar-refractivity contribution in [2.45, 2.75) is 85.7 Å². The topological polar surface area (TPSA) is 20.2 Å². The standard InChI is InChI=1S/C22H36O/c1-14-8-10-21(4)15(12-14)6-7-16-17(21)9-11-22(5)18(16)13-20(2,3)19(22)23/h6,14,16-19,23H,7-13H2,1-5H3/t14?,16-,17-,18+,19?,21+,22+/m1/s1. The highest BCUT2D eigenvalue weighted by molar-refractivity contribution is 5.25. The van der Waals surface area contributed by atoms with Crippen molar-refractivity contribution in [1.82, 2.24) is 0 Å². The van der Waals surface area contributed by atoms with E-state index in [1.54, 1.807) is 5.57 Å². The van der Waals surface area contributed by atoms with E-state index in [1.807, 2.05) is 0 Å². The number of aliphatic hydroxyl groups is 1. The van der Waals surface area contributed by atoms with Gasteiger partial charge >= 0.3 is 0 Å². The molecule has 0 aromatic carbocycles. The minimum Gasteiger partial charge on any atom is -0.392 e. The van der Waals surface area contributed by atoms with E-state index >= 15 is 0 Å². The Labute approximate surface area is 142 Å². The molecule has 23 heavy (non-hydrogen) atoms. The predicted molar refractivity (Wildman–Crippen MR) is 96.0 cm³/mol. The van der Waals surface area contributed by atoms with Crippen molar-refractivity contribution in [3.8, 4) is 0 Å². The van der Waals surface area contributed by atoms with Crippen LogP contribution in [0.1, 0.15) is 79.6 Å². The van der Waals surface area contributed by atoms with Gasteiger partial charge in [0.1, 0.15) is 0 Å². The van der Waals surface area contributed by atoms with Gasteiger partial charge in [0.25, 0.3) is 0 Å². The highest BCUT2D eigenvalue weighted by Crippen LogP contribution is 2.67. The number of rotatable bonds is 0. The zero-order chi connectivity index (χ0) is 16.6. The molecule has 0 bridgehead atoms. The van der Waals surface area contributed by atoms with Gasteiger partial charge < -0.3 is 5.11 Å². The van der Waals surface area contributed by atoms with Crippen LogP contribution in [0.5, 0.6) is 0 Å². The van der Waals surface area contributed by atoms with Gasteiger partial charge in [-0.3, -0.25) is 0 Å². The number of fused-ring (bicyclic) bond motifs is 5. The van der Waals surface area contributed by atoms with Crippen molar-refractivity contribution in [2.75, 3.05) is 0 Å². The quantitative estimate of drug-likeness (QED) is 0.578. The van der Waals surface area contributed by atoms with Crippen LogP contribution in [-0.2, 0) is 0 Å². The molecule has 4 aliphatic carbocycles. The molecule has 1 heteroatoms. The largest absolute Gasteiger partial charge is 0.392 e. The van der Waals surface area contributed by atoms with Gasteiger partial charge in [-0.2, -0.15) is 0 Å². The number of allylic oxidation sites excluding steroid dienone is 2. The van der Waals surface area contributed by atoms with Gasteiger partial charge in [0.05, 0.1) is 6.10 Å². The Kier molecular flexibility index (Phi) is 3.43. The molecule has 0 saturated heterocycles. The van der Waals surface area contributed by atoms with E-state index < -0.39 is 0 Å². The van der Waals surface area contributed by atoms with Gasteiger partial charge in [-0.1, -0.05) is 46.3 Å². The molecule has 4 aliphatic rings. The predicted octanol–water partition coefficient (Wildman–Crippen LogP) is 5.58. The van der Waals surface area contributed by atoms with E-state index in [4.69, 9.17) is 0 Å². The second-order valence-corrected chi connectivity index (χ2v) is 10.7. The Morgan fingerprint density at radius 2 is 1.78 bits per heavy atom. The summed E-state index contributed by atoms with van der Waals surface area (Å²) >= 11 is 0. The summed E-state index contributed by atoms with van der Waals surface area (Å²) in [5.74, 6) is 3.29. The molecule has 0 spiro atoms. The van der Waals surface area contributed by atoms with E-state index in [-0.39, 0.29) is 16.9 Å². The fourth-order valence-corrected chi connectivity index (χ4v) is 7.49. The van der Waals surface area contributed by atoms with Gasteiger partial charge in [-0.15, -0.1) is 0 Å². The minimum absolute atomic E-state index is 0.0975. The molecule has 0 heterocycles. The molecule has 0 aromatic rings. The normalized spacial score (nSPS) is 54.7. The van der Waals surface area contributed by atoms with Crippen LogP contribution in [0.4, 0.5) is 0 Å². The highest BCUT2D eigenvalue weighted by Gasteiger charge is 2.62. The summed E-state index contributed by atoms with van der Waals surface area (Å²) in [6, 6.07) is 0. The first-order chi connectivity index (χ1) is 10.7. The Hall–Kier alpha value is -0.300. The zero-order valence-corrected chi connectivity index (χ0v) is 15.9. The maximum Gasteiger partial charge on any atom is 0.0647 e. The second-order valence-electron chi connectivity index (χ2n) is 10.7. The van der Waals surface area contributed by atoms with Crippen LogP contribution < -0.4 is 0 Å². The van der Waals surface area contributed by atoms with Crippen LogP contribution in [0.25, 0.3) is 0 Å². The molecule has 1 N–H and O–H groups in total. The van der Waals surface area contributed by atoms with Crippen LogP contribution in [0.2, 0.25) is 0 Å². The van der Waals surface area contributed by atoms with Gasteiger partial charge in [0.2, 0.25) is 0 Å². The first kappa shape index (κ1) is 16.2. The molecule has 0 aliphatic heterocycles. The third kappa shape index (κ3) is 2.08. The van der Waals surface area contributed by atoms with E-state index in [0.717, 1.165) is 23.7 Å². The number of hydrogen-bond donors (Lipinski definition) is 1. The highest BCUT2D eigenvalue weighted by atomic mass is 16.3. The van der Waals surface area contributed by atoms with Gasteiger partial charge in [-0.25, -0.2) is 0 Å². The number of aliphatic hydroxyl groups excluding tert-OH is 1. The average Bonchev–Trinajstić information content (AvgIpc) is 2.68. The first-order valence-corrected chi connectivity index (χ1v) is 10.1. The molecule has 0 radical (unpaired) electrons. The van der Waals surface area contributed by atoms with E-state index in [0.29, 0.717) is 5.41 Å². The molecule has 130 valence electrons. The van der Waals surface area contributed by atoms with Crippen molar-refractivity contribution < 1.29 is 5.11 Å². The van der Waals surface area contributed by atoms with Crippen molar-refractivity contribution in [3.63, 3.8) is 0 Å². The lowest BCUT2D eigenvalue weighted by Gasteiger charge is -2.57. The van der Waals surface area contributed by atoms with E-state index in [1.165, 1.54) is 44.9 Å². The lowest BCUT2D eigenvalue weighted by Crippen LogP contribution is -2.51. The molecule has 3 fully saturated rings. The van der Waals surface area contributed by atoms with Crippen molar-refractivity contribution >= 4 is 0 Å². The third-order valence-corrected chi connectivity index (χ3v) is 8.90. The molecule has 4 rings (SSSR count). The van der Waals surface area contributed by atoms with Crippen LogP contribution in [0.15, 0.2) is 11.6 Å². The van der Waals surface area contributed by atoms with Gasteiger partial charge in [0.15, 0.2) is 0 Å². The number of hydrogen-bond acceptors (Lipinski definition) is 1. The van der Waals surface area contributed by atoms with Gasteiger partial charge in [0, 0.05) is 0 Å². The molecule has 7 atom stereocenters. The van der Waals surface area contributed by atoms with Crippen LogP contribution in [0.3, 0.4) is 0 Å². The van der Waals surface area contributed by atoms with Gasteiger partial charge in [-0.05, 0) is 84.9 Å². The molecular weight excluding hydrogens is 280 g/mol. The summed E-state index contributed by atoms with van der Waals surface area (Å²) in [5.41, 5.74) is 2.52. The summed E-state index contributed by atoms with van der Waals surface area (Å²) in [6.45, 7) is 12.0. The van der Waals surface area contributed by atoms with Crippen molar-refractivity contribution in [3.05, 3.63) is 11.6 Å². The maximum atomic E-state index is 11.0. The van der Waals surface area contributed by atoms with E-state index in [2.05, 4.69) is 40.7 Å². The lowest BCUT2D eigenvalue weighted by atomic mass is 9.47. The smallest absolute Gasteiger partial charge is 0.0647 e. The molecular formula is C22H36O. The molecule has 1 nitrogen and oxygen atoms in total. The summed E-state index contributed by atoms with van der Waals surface area (Å²) < 4.78 is 0. The Bertz CT molecular complexity index is 532. The van der Waals surface area contributed by atoms with Crippen LogP contribution >= 0.6 is 0 Å². The average molecular weight is 317 g/mol. The maximum absolute atomic E-state index is 11.0. The minimum atomic E-state index is -0.120.